The molecule has 15 heavy (non-hydrogen) atoms. The number of hydrogen-bond acceptors (Lipinski definition) is 2. The summed E-state index contributed by atoms with van der Waals surface area (Å²) in [6.07, 6.45) is 2.28. The second-order valence-corrected chi connectivity index (χ2v) is 3.46. The molecule has 0 aromatic heterocycles. The van der Waals surface area contributed by atoms with Gasteiger partial charge in [0.25, 0.3) is 0 Å². The summed E-state index contributed by atoms with van der Waals surface area (Å²) in [6.45, 7) is 3.74. The minimum Gasteiger partial charge on any atom is -0.496 e. The fourth-order valence-electron chi connectivity index (χ4n) is 1.28. The van der Waals surface area contributed by atoms with Gasteiger partial charge >= 0.3 is 0 Å². The van der Waals surface area contributed by atoms with Crippen LogP contribution in [-0.2, 0) is 0 Å². The van der Waals surface area contributed by atoms with E-state index in [-0.39, 0.29) is 5.56 Å². The lowest BCUT2D eigenvalue weighted by molar-refractivity contribution is 0.112. The molecule has 0 N–H and O–H groups in total. The smallest absolute Gasteiger partial charge is 0.150 e. The van der Waals surface area contributed by atoms with Gasteiger partial charge in [0, 0.05) is 5.56 Å². The van der Waals surface area contributed by atoms with Gasteiger partial charge in [-0.25, -0.2) is 4.39 Å². The minimum absolute atomic E-state index is 0.273. The summed E-state index contributed by atoms with van der Waals surface area (Å²) in [4.78, 5) is 10.5. The van der Waals surface area contributed by atoms with Gasteiger partial charge in [0.1, 0.15) is 17.9 Å². The monoisotopic (exact) mass is 208 g/mol. The van der Waals surface area contributed by atoms with E-state index in [0.717, 1.165) is 5.57 Å². The van der Waals surface area contributed by atoms with E-state index in [0.29, 0.717) is 17.6 Å². The van der Waals surface area contributed by atoms with Crippen molar-refractivity contribution >= 4 is 12.4 Å². The Labute approximate surface area is 88.4 Å². The zero-order valence-electron chi connectivity index (χ0n) is 9.00. The molecule has 1 aromatic rings. The summed E-state index contributed by atoms with van der Waals surface area (Å²) in [7, 11) is 1.45. The van der Waals surface area contributed by atoms with E-state index in [4.69, 9.17) is 4.74 Å². The SMILES string of the molecule is COc1cc(C=O)cc(F)c1C=C(C)C. The number of rotatable bonds is 3. The molecule has 0 spiro atoms. The Morgan fingerprint density at radius 2 is 2.07 bits per heavy atom. The van der Waals surface area contributed by atoms with Gasteiger partial charge in [-0.15, -0.1) is 0 Å². The number of halogens is 1. The second-order valence-electron chi connectivity index (χ2n) is 3.46. The second kappa shape index (κ2) is 4.73. The molecule has 0 unspecified atom stereocenters. The van der Waals surface area contributed by atoms with Gasteiger partial charge < -0.3 is 4.74 Å². The molecular weight excluding hydrogens is 195 g/mol. The van der Waals surface area contributed by atoms with Crippen LogP contribution in [0.15, 0.2) is 17.7 Å². The molecule has 0 aliphatic rings. The fourth-order valence-corrected chi connectivity index (χ4v) is 1.28. The molecule has 80 valence electrons. The minimum atomic E-state index is -0.447. The summed E-state index contributed by atoms with van der Waals surface area (Å²) in [5, 5.41) is 0. The van der Waals surface area contributed by atoms with Gasteiger partial charge in [-0.1, -0.05) is 5.57 Å². The van der Waals surface area contributed by atoms with Crippen molar-refractivity contribution in [2.24, 2.45) is 0 Å². The molecule has 0 heterocycles. The van der Waals surface area contributed by atoms with E-state index in [1.165, 1.54) is 19.2 Å². The van der Waals surface area contributed by atoms with Gasteiger partial charge in [0.2, 0.25) is 0 Å². The van der Waals surface area contributed by atoms with Crippen molar-refractivity contribution < 1.29 is 13.9 Å². The highest BCUT2D eigenvalue weighted by molar-refractivity contribution is 5.77. The van der Waals surface area contributed by atoms with Gasteiger partial charge in [-0.2, -0.15) is 0 Å². The number of benzene rings is 1. The Bertz CT molecular complexity index is 404. The first-order valence-corrected chi connectivity index (χ1v) is 4.56. The molecule has 0 saturated carbocycles. The number of hydrogen-bond donors (Lipinski definition) is 0. The van der Waals surface area contributed by atoms with Gasteiger partial charge in [0.15, 0.2) is 0 Å². The number of aldehydes is 1. The quantitative estimate of drug-likeness (QED) is 0.713. The molecule has 0 fully saturated rings. The molecule has 0 aliphatic carbocycles. The van der Waals surface area contributed by atoms with Gasteiger partial charge in [-0.3, -0.25) is 4.79 Å². The molecule has 0 radical (unpaired) electrons. The third-order valence-corrected chi connectivity index (χ3v) is 1.90. The van der Waals surface area contributed by atoms with Crippen LogP contribution in [0, 0.1) is 5.82 Å². The molecule has 0 amide bonds. The normalized spacial score (nSPS) is 9.60. The summed E-state index contributed by atoms with van der Waals surface area (Å²) in [5.74, 6) is -0.0732. The zero-order valence-corrected chi connectivity index (χ0v) is 9.00. The van der Waals surface area contributed by atoms with Crippen molar-refractivity contribution in [3.05, 3.63) is 34.6 Å². The highest BCUT2D eigenvalue weighted by atomic mass is 19.1. The molecular formula is C12H13FO2. The average molecular weight is 208 g/mol. The standard InChI is InChI=1S/C12H13FO2/c1-8(2)4-10-11(13)5-9(7-14)6-12(10)15-3/h4-7H,1-3H3. The van der Waals surface area contributed by atoms with Crippen LogP contribution in [-0.4, -0.2) is 13.4 Å². The lowest BCUT2D eigenvalue weighted by Crippen LogP contribution is -1.94. The Morgan fingerprint density at radius 3 is 2.53 bits per heavy atom. The van der Waals surface area contributed by atoms with Crippen LogP contribution in [0.3, 0.4) is 0 Å². The molecule has 0 bridgehead atoms. The maximum atomic E-state index is 13.6. The van der Waals surface area contributed by atoms with Crippen LogP contribution in [0.25, 0.3) is 6.08 Å². The van der Waals surface area contributed by atoms with Gasteiger partial charge in [-0.05, 0) is 32.1 Å². The van der Waals surface area contributed by atoms with Crippen molar-refractivity contribution in [3.63, 3.8) is 0 Å². The molecule has 3 heteroatoms. The first-order chi connectivity index (χ1) is 7.08. The Balaban J connectivity index is 3.37. The van der Waals surface area contributed by atoms with Crippen molar-refractivity contribution in [1.29, 1.82) is 0 Å². The Morgan fingerprint density at radius 1 is 1.40 bits per heavy atom. The largest absolute Gasteiger partial charge is 0.496 e. The zero-order chi connectivity index (χ0) is 11.4. The summed E-state index contributed by atoms with van der Waals surface area (Å²) in [6, 6.07) is 2.72. The van der Waals surface area contributed by atoms with Crippen molar-refractivity contribution in [1.82, 2.24) is 0 Å². The topological polar surface area (TPSA) is 26.3 Å². The molecule has 0 aliphatic heterocycles. The van der Waals surface area contributed by atoms with Crippen LogP contribution in [0.4, 0.5) is 4.39 Å². The summed E-state index contributed by atoms with van der Waals surface area (Å²) < 4.78 is 18.6. The molecule has 0 saturated heterocycles. The maximum Gasteiger partial charge on any atom is 0.150 e. The number of carbonyl (C=O) groups is 1. The Kier molecular flexibility index (Phi) is 3.61. The Hall–Kier alpha value is -1.64. The fraction of sp³-hybridized carbons (Fsp3) is 0.250. The highest BCUT2D eigenvalue weighted by Gasteiger charge is 2.09. The molecule has 0 atom stereocenters. The number of allylic oxidation sites excluding steroid dienone is 1. The molecule has 1 aromatic carbocycles. The predicted molar refractivity (Wildman–Crippen MR) is 57.7 cm³/mol. The lowest BCUT2D eigenvalue weighted by atomic mass is 10.1. The van der Waals surface area contributed by atoms with E-state index in [2.05, 4.69) is 0 Å². The first-order valence-electron chi connectivity index (χ1n) is 4.56. The van der Waals surface area contributed by atoms with Crippen LogP contribution < -0.4 is 4.74 Å². The lowest BCUT2D eigenvalue weighted by Gasteiger charge is -2.07. The van der Waals surface area contributed by atoms with E-state index >= 15 is 0 Å². The molecule has 1 rings (SSSR count). The van der Waals surface area contributed by atoms with Crippen molar-refractivity contribution in [3.8, 4) is 5.75 Å². The third-order valence-electron chi connectivity index (χ3n) is 1.90. The van der Waals surface area contributed by atoms with Crippen LogP contribution in [0.1, 0.15) is 29.8 Å². The van der Waals surface area contributed by atoms with E-state index in [9.17, 15) is 9.18 Å². The maximum absolute atomic E-state index is 13.6. The number of methoxy groups -OCH3 is 1. The molecule has 2 nitrogen and oxygen atoms in total. The summed E-state index contributed by atoms with van der Waals surface area (Å²) in [5.41, 5.74) is 1.62. The average Bonchev–Trinajstić information content (AvgIpc) is 2.20. The number of carbonyl (C=O) groups excluding carboxylic acids is 1. The third kappa shape index (κ3) is 2.65. The highest BCUT2D eigenvalue weighted by Crippen LogP contribution is 2.25. The van der Waals surface area contributed by atoms with E-state index < -0.39 is 5.82 Å². The first kappa shape index (κ1) is 11.4. The van der Waals surface area contributed by atoms with E-state index in [1.54, 1.807) is 6.08 Å². The van der Waals surface area contributed by atoms with Crippen molar-refractivity contribution in [2.75, 3.05) is 7.11 Å². The van der Waals surface area contributed by atoms with Crippen molar-refractivity contribution in [2.45, 2.75) is 13.8 Å². The van der Waals surface area contributed by atoms with E-state index in [1.807, 2.05) is 13.8 Å². The van der Waals surface area contributed by atoms with Gasteiger partial charge in [0.05, 0.1) is 12.7 Å². The van der Waals surface area contributed by atoms with Crippen LogP contribution in [0.2, 0.25) is 0 Å². The van der Waals surface area contributed by atoms with Crippen LogP contribution >= 0.6 is 0 Å². The predicted octanol–water partition coefficient (Wildman–Crippen LogP) is 3.07. The number of ether oxygens (including phenoxy) is 1. The summed E-state index contributed by atoms with van der Waals surface area (Å²) >= 11 is 0. The van der Waals surface area contributed by atoms with Crippen LogP contribution in [0.5, 0.6) is 5.75 Å².